The van der Waals surface area contributed by atoms with Gasteiger partial charge in [-0.15, -0.1) is 5.10 Å². The third-order valence-electron chi connectivity index (χ3n) is 4.70. The first-order valence-corrected chi connectivity index (χ1v) is 8.91. The lowest BCUT2D eigenvalue weighted by atomic mass is 10.1. The third-order valence-corrected chi connectivity index (χ3v) is 4.70. The van der Waals surface area contributed by atoms with Gasteiger partial charge in [0.1, 0.15) is 17.5 Å². The highest BCUT2D eigenvalue weighted by atomic mass is 19.1. The topological polar surface area (TPSA) is 55.1 Å². The number of aryl methyl sites for hydroxylation is 2. The Morgan fingerprint density at radius 3 is 2.57 bits per heavy atom. The van der Waals surface area contributed by atoms with Gasteiger partial charge in [0, 0.05) is 23.4 Å². The van der Waals surface area contributed by atoms with Crippen LogP contribution in [0.3, 0.4) is 0 Å². The van der Waals surface area contributed by atoms with E-state index < -0.39 is 0 Å². The minimum absolute atomic E-state index is 0.282. The van der Waals surface area contributed by atoms with Crippen molar-refractivity contribution in [3.8, 4) is 0 Å². The Hall–Kier alpha value is -3.35. The van der Waals surface area contributed by atoms with E-state index in [2.05, 4.69) is 20.4 Å². The molecular weight excluding hydrogens is 360 g/mol. The molecule has 28 heavy (non-hydrogen) atoms. The summed E-state index contributed by atoms with van der Waals surface area (Å²) in [6.45, 7) is 5.52. The van der Waals surface area contributed by atoms with Gasteiger partial charge < -0.3 is 5.32 Å². The number of hydrogen-bond donors (Lipinski definition) is 1. The number of aromatic nitrogens is 4. The predicted molar refractivity (Wildman–Crippen MR) is 104 cm³/mol. The Kier molecular flexibility index (Phi) is 4.50. The zero-order chi connectivity index (χ0) is 19.8. The maximum Gasteiger partial charge on any atom is 0.254 e. The number of anilines is 2. The number of nitrogens with one attached hydrogen (secondary N) is 1. The number of nitrogens with zero attached hydrogens (tertiary/aromatic N) is 4. The van der Waals surface area contributed by atoms with Crippen molar-refractivity contribution in [2.75, 3.05) is 5.32 Å². The molecule has 0 saturated carbocycles. The molecule has 0 atom stereocenters. The molecule has 4 aromatic rings. The van der Waals surface area contributed by atoms with Crippen LogP contribution in [-0.4, -0.2) is 19.6 Å². The molecule has 2 aromatic heterocycles. The quantitative estimate of drug-likeness (QED) is 0.560. The lowest BCUT2D eigenvalue weighted by Gasteiger charge is -2.13. The second kappa shape index (κ2) is 6.99. The zero-order valence-corrected chi connectivity index (χ0v) is 15.8. The van der Waals surface area contributed by atoms with E-state index in [9.17, 15) is 8.78 Å². The van der Waals surface area contributed by atoms with Crippen LogP contribution in [0.2, 0.25) is 0 Å². The molecule has 0 spiro atoms. The molecule has 7 heteroatoms. The van der Waals surface area contributed by atoms with Crippen LogP contribution >= 0.6 is 0 Å². The molecule has 2 heterocycles. The predicted octanol–water partition coefficient (Wildman–Crippen LogP) is 4.66. The normalized spacial score (nSPS) is 11.2. The first-order chi connectivity index (χ1) is 13.4. The number of hydrogen-bond acceptors (Lipinski definition) is 4. The van der Waals surface area contributed by atoms with Gasteiger partial charge in [-0.05, 0) is 56.2 Å². The molecular formula is C21H19F2N5. The fourth-order valence-electron chi connectivity index (χ4n) is 2.99. The zero-order valence-electron chi connectivity index (χ0n) is 15.8. The Balaban J connectivity index is 1.75. The van der Waals surface area contributed by atoms with Crippen molar-refractivity contribution in [1.29, 1.82) is 0 Å². The molecule has 0 amide bonds. The first-order valence-electron chi connectivity index (χ1n) is 8.91. The molecule has 0 fully saturated rings. The molecule has 0 aliphatic heterocycles. The van der Waals surface area contributed by atoms with Gasteiger partial charge in [-0.1, -0.05) is 18.2 Å². The molecule has 0 aliphatic rings. The SMILES string of the molecule is Cc1ccc(Nc2c(C)c(C)nc3nc(Cc4cccc(F)c4)nn23)cc1F. The standard InChI is InChI=1S/C21H19F2N5/c1-12-7-8-17(11-18(12)23)25-20-13(2)14(3)24-21-26-19(27-28(20)21)10-15-5-4-6-16(22)9-15/h4-9,11,25H,10H2,1-3H3. The second-order valence-corrected chi connectivity index (χ2v) is 6.81. The second-order valence-electron chi connectivity index (χ2n) is 6.81. The summed E-state index contributed by atoms with van der Waals surface area (Å²) in [5, 5.41) is 7.77. The minimum atomic E-state index is -0.296. The van der Waals surface area contributed by atoms with Crippen molar-refractivity contribution in [1.82, 2.24) is 19.6 Å². The fourth-order valence-corrected chi connectivity index (χ4v) is 2.99. The molecule has 0 unspecified atom stereocenters. The Bertz CT molecular complexity index is 1180. The number of benzene rings is 2. The Labute approximate surface area is 161 Å². The van der Waals surface area contributed by atoms with E-state index in [4.69, 9.17) is 0 Å². The summed E-state index contributed by atoms with van der Waals surface area (Å²) >= 11 is 0. The molecule has 5 nitrogen and oxygen atoms in total. The number of halogens is 2. The number of fused-ring (bicyclic) bond motifs is 1. The van der Waals surface area contributed by atoms with Gasteiger partial charge in [0.15, 0.2) is 5.82 Å². The molecule has 142 valence electrons. The summed E-state index contributed by atoms with van der Waals surface area (Å²) in [5.74, 6) is 1.06. The van der Waals surface area contributed by atoms with E-state index >= 15 is 0 Å². The van der Waals surface area contributed by atoms with Crippen LogP contribution in [0.25, 0.3) is 5.78 Å². The molecule has 1 N–H and O–H groups in total. The molecule has 0 radical (unpaired) electrons. The van der Waals surface area contributed by atoms with Crippen LogP contribution < -0.4 is 5.32 Å². The lowest BCUT2D eigenvalue weighted by Crippen LogP contribution is -2.06. The van der Waals surface area contributed by atoms with E-state index in [0.717, 1.165) is 16.8 Å². The van der Waals surface area contributed by atoms with E-state index in [-0.39, 0.29) is 11.6 Å². The summed E-state index contributed by atoms with van der Waals surface area (Å²) in [6, 6.07) is 11.3. The van der Waals surface area contributed by atoms with Crippen LogP contribution in [0.15, 0.2) is 42.5 Å². The van der Waals surface area contributed by atoms with E-state index in [1.165, 1.54) is 18.2 Å². The third kappa shape index (κ3) is 3.43. The van der Waals surface area contributed by atoms with Gasteiger partial charge in [-0.3, -0.25) is 0 Å². The van der Waals surface area contributed by atoms with E-state index in [1.807, 2.05) is 26.0 Å². The fraction of sp³-hybridized carbons (Fsp3) is 0.190. The van der Waals surface area contributed by atoms with Crippen molar-refractivity contribution in [2.45, 2.75) is 27.2 Å². The van der Waals surface area contributed by atoms with Crippen LogP contribution in [0, 0.1) is 32.4 Å². The highest BCUT2D eigenvalue weighted by Gasteiger charge is 2.15. The van der Waals surface area contributed by atoms with Crippen LogP contribution in [-0.2, 0) is 6.42 Å². The smallest absolute Gasteiger partial charge is 0.254 e. The van der Waals surface area contributed by atoms with E-state index in [0.29, 0.717) is 35.1 Å². The van der Waals surface area contributed by atoms with Crippen LogP contribution in [0.1, 0.15) is 28.2 Å². The Morgan fingerprint density at radius 1 is 1.00 bits per heavy atom. The molecule has 0 aliphatic carbocycles. The summed E-state index contributed by atoms with van der Waals surface area (Å²) in [5.41, 5.74) is 3.65. The highest BCUT2D eigenvalue weighted by molar-refractivity contribution is 5.63. The van der Waals surface area contributed by atoms with Gasteiger partial charge >= 0.3 is 0 Å². The van der Waals surface area contributed by atoms with Crippen molar-refractivity contribution in [3.63, 3.8) is 0 Å². The summed E-state index contributed by atoms with van der Waals surface area (Å²) < 4.78 is 29.0. The lowest BCUT2D eigenvalue weighted by molar-refractivity contribution is 0.619. The van der Waals surface area contributed by atoms with Crippen LogP contribution in [0.4, 0.5) is 20.3 Å². The summed E-state index contributed by atoms with van der Waals surface area (Å²) in [6.07, 6.45) is 0.387. The largest absolute Gasteiger partial charge is 0.340 e. The van der Waals surface area contributed by atoms with Crippen molar-refractivity contribution < 1.29 is 8.78 Å². The van der Waals surface area contributed by atoms with Gasteiger partial charge in [-0.25, -0.2) is 13.8 Å². The first kappa shape index (κ1) is 18.0. The molecule has 2 aromatic carbocycles. The average molecular weight is 379 g/mol. The van der Waals surface area contributed by atoms with Crippen molar-refractivity contribution >= 4 is 17.3 Å². The molecule has 0 bridgehead atoms. The monoisotopic (exact) mass is 379 g/mol. The summed E-state index contributed by atoms with van der Waals surface area (Å²) in [4.78, 5) is 8.97. The van der Waals surface area contributed by atoms with Gasteiger partial charge in [0.25, 0.3) is 5.78 Å². The van der Waals surface area contributed by atoms with E-state index in [1.54, 1.807) is 23.6 Å². The van der Waals surface area contributed by atoms with Gasteiger partial charge in [0.05, 0.1) is 0 Å². The minimum Gasteiger partial charge on any atom is -0.340 e. The average Bonchev–Trinajstić information content (AvgIpc) is 3.04. The number of rotatable bonds is 4. The summed E-state index contributed by atoms with van der Waals surface area (Å²) in [7, 11) is 0. The van der Waals surface area contributed by atoms with Gasteiger partial charge in [-0.2, -0.15) is 9.50 Å². The highest BCUT2D eigenvalue weighted by Crippen LogP contribution is 2.24. The maximum atomic E-state index is 13.9. The molecule has 4 rings (SSSR count). The van der Waals surface area contributed by atoms with Crippen molar-refractivity contribution in [3.05, 3.63) is 82.3 Å². The van der Waals surface area contributed by atoms with Crippen LogP contribution in [0.5, 0.6) is 0 Å². The Morgan fingerprint density at radius 2 is 1.82 bits per heavy atom. The van der Waals surface area contributed by atoms with Gasteiger partial charge in [0.2, 0.25) is 0 Å². The maximum absolute atomic E-state index is 13.9. The molecule has 0 saturated heterocycles. The van der Waals surface area contributed by atoms with Crippen molar-refractivity contribution in [2.24, 2.45) is 0 Å².